The highest BCUT2D eigenvalue weighted by Gasteiger charge is 2.61. The van der Waals surface area contributed by atoms with Crippen molar-refractivity contribution in [1.29, 1.82) is 0 Å². The van der Waals surface area contributed by atoms with Crippen LogP contribution in [0, 0.1) is 0 Å². The monoisotopic (exact) mass is 580 g/mol. The predicted molar refractivity (Wildman–Crippen MR) is 152 cm³/mol. The van der Waals surface area contributed by atoms with Gasteiger partial charge in [0.1, 0.15) is 6.10 Å². The average Bonchev–Trinajstić information content (AvgIpc) is 3.75. The van der Waals surface area contributed by atoms with Crippen molar-refractivity contribution in [2.75, 3.05) is 40.0 Å². The number of likely N-dealkylation sites (N-methyl/N-ethyl adjacent to an activating group) is 1. The third kappa shape index (κ3) is 3.74. The van der Waals surface area contributed by atoms with Crippen LogP contribution in [-0.2, 0) is 33.1 Å². The average molecular weight is 581 g/mol. The van der Waals surface area contributed by atoms with Crippen molar-refractivity contribution in [2.45, 2.75) is 94.1 Å². The van der Waals surface area contributed by atoms with Gasteiger partial charge in [-0.25, -0.2) is 9.78 Å². The first kappa shape index (κ1) is 26.8. The van der Waals surface area contributed by atoms with Crippen molar-refractivity contribution >= 4 is 11.2 Å². The van der Waals surface area contributed by atoms with E-state index in [-0.39, 0.29) is 29.3 Å². The van der Waals surface area contributed by atoms with Crippen LogP contribution in [0.3, 0.4) is 0 Å². The van der Waals surface area contributed by atoms with Crippen LogP contribution in [-0.4, -0.2) is 87.1 Å². The van der Waals surface area contributed by atoms with E-state index in [1.807, 2.05) is 0 Å². The summed E-state index contributed by atoms with van der Waals surface area (Å²) in [5, 5.41) is 4.72. The maximum Gasteiger partial charge on any atom is 0.330 e. The van der Waals surface area contributed by atoms with Crippen molar-refractivity contribution in [2.24, 2.45) is 7.05 Å². The zero-order chi connectivity index (χ0) is 28.6. The fourth-order valence-corrected chi connectivity index (χ4v) is 8.38. The third-order valence-electron chi connectivity index (χ3n) is 10.6. The molecule has 2 aliphatic carbocycles. The lowest BCUT2D eigenvalue weighted by Crippen LogP contribution is -2.56. The SMILES string of the molecule is C[C@H](Oc1nc(-c2onc3c2CCC[C@@]32CCCCC23OCCO3)nc2c1n(C)c(=O)n2C1COC1)[C@@H]1CCCN1C. The standard InChI is InChI=1S/C30H40N6O6/c1-18(21-9-7-13-34(21)2)41-27-22-26(36(19-16-38-17-19)28(37)35(22)3)31-25(32-27)23-20-8-6-11-29(24(20)33-42-23)10-4-5-12-30(29)39-14-15-40-30/h18-19,21H,4-17H2,1-3H3/t18-,21-,29-/m0/s1. The van der Waals surface area contributed by atoms with E-state index in [9.17, 15) is 4.79 Å². The molecule has 12 nitrogen and oxygen atoms in total. The molecule has 5 aliphatic rings. The van der Waals surface area contributed by atoms with Crippen molar-refractivity contribution in [3.8, 4) is 17.5 Å². The van der Waals surface area contributed by atoms with Crippen molar-refractivity contribution in [1.82, 2.24) is 29.2 Å². The summed E-state index contributed by atoms with van der Waals surface area (Å²) in [7, 11) is 3.89. The normalized spacial score (nSPS) is 28.5. The van der Waals surface area contributed by atoms with Crippen LogP contribution in [0.1, 0.15) is 75.6 Å². The number of imidazole rings is 1. The Morgan fingerprint density at radius 3 is 2.55 bits per heavy atom. The van der Waals surface area contributed by atoms with Crippen LogP contribution in [0.15, 0.2) is 9.32 Å². The highest BCUT2D eigenvalue weighted by atomic mass is 16.7. The lowest BCUT2D eigenvalue weighted by molar-refractivity contribution is -0.231. The Morgan fingerprint density at radius 2 is 1.81 bits per heavy atom. The second-order valence-corrected chi connectivity index (χ2v) is 12.9. The molecule has 0 radical (unpaired) electrons. The van der Waals surface area contributed by atoms with E-state index in [4.69, 9.17) is 38.6 Å². The van der Waals surface area contributed by atoms with E-state index in [1.165, 1.54) is 0 Å². The molecule has 0 bridgehead atoms. The van der Waals surface area contributed by atoms with E-state index in [2.05, 4.69) is 18.9 Å². The molecular formula is C30H40N6O6. The minimum atomic E-state index is -0.652. The van der Waals surface area contributed by atoms with Gasteiger partial charge in [-0.2, -0.15) is 4.98 Å². The molecule has 12 heteroatoms. The number of hydrogen-bond donors (Lipinski definition) is 0. The van der Waals surface area contributed by atoms with Crippen LogP contribution in [0.4, 0.5) is 0 Å². The van der Waals surface area contributed by atoms with Crippen LogP contribution in [0.2, 0.25) is 0 Å². The quantitative estimate of drug-likeness (QED) is 0.445. The molecule has 3 aromatic heterocycles. The molecule has 226 valence electrons. The van der Waals surface area contributed by atoms with Gasteiger partial charge in [-0.1, -0.05) is 11.6 Å². The van der Waals surface area contributed by atoms with Gasteiger partial charge in [0.25, 0.3) is 0 Å². The Balaban J connectivity index is 1.28. The van der Waals surface area contributed by atoms with Gasteiger partial charge in [-0.05, 0) is 65.5 Å². The van der Waals surface area contributed by atoms with Crippen molar-refractivity contribution in [3.05, 3.63) is 21.7 Å². The molecule has 6 heterocycles. The van der Waals surface area contributed by atoms with Gasteiger partial charge in [0, 0.05) is 25.1 Å². The van der Waals surface area contributed by atoms with Crippen molar-refractivity contribution < 1.29 is 23.5 Å². The van der Waals surface area contributed by atoms with Crippen LogP contribution in [0.25, 0.3) is 22.7 Å². The van der Waals surface area contributed by atoms with Gasteiger partial charge < -0.3 is 23.5 Å². The molecule has 3 saturated heterocycles. The number of likely N-dealkylation sites (tertiary alicyclic amines) is 1. The maximum atomic E-state index is 13.5. The lowest BCUT2D eigenvalue weighted by atomic mass is 9.61. The van der Waals surface area contributed by atoms with Crippen LogP contribution < -0.4 is 10.4 Å². The summed E-state index contributed by atoms with van der Waals surface area (Å²) in [4.78, 5) is 25.8. The number of aryl methyl sites for hydroxylation is 1. The largest absolute Gasteiger partial charge is 0.471 e. The summed E-state index contributed by atoms with van der Waals surface area (Å²) in [6, 6.07) is 0.185. The molecule has 3 aliphatic heterocycles. The fourth-order valence-electron chi connectivity index (χ4n) is 8.38. The van der Waals surface area contributed by atoms with E-state index in [0.29, 0.717) is 55.1 Å². The van der Waals surface area contributed by atoms with Gasteiger partial charge in [-0.15, -0.1) is 0 Å². The molecule has 0 amide bonds. The van der Waals surface area contributed by atoms with E-state index >= 15 is 0 Å². The molecule has 8 rings (SSSR count). The molecule has 4 fully saturated rings. The smallest absolute Gasteiger partial charge is 0.330 e. The topological polar surface area (TPSA) is 119 Å². The van der Waals surface area contributed by atoms with Gasteiger partial charge in [0.2, 0.25) is 17.5 Å². The molecular weight excluding hydrogens is 540 g/mol. The number of aromatic nitrogens is 5. The number of hydrogen-bond acceptors (Lipinski definition) is 10. The first-order chi connectivity index (χ1) is 20.4. The molecule has 2 spiro atoms. The van der Waals surface area contributed by atoms with Crippen LogP contribution in [0.5, 0.6) is 5.88 Å². The number of nitrogens with zero attached hydrogens (tertiary/aromatic N) is 6. The Hall–Kier alpha value is -2.80. The Morgan fingerprint density at radius 1 is 1.02 bits per heavy atom. The van der Waals surface area contributed by atoms with Gasteiger partial charge in [-0.3, -0.25) is 14.0 Å². The minimum absolute atomic E-state index is 0.0825. The maximum absolute atomic E-state index is 13.5. The summed E-state index contributed by atoms with van der Waals surface area (Å²) < 4.78 is 34.4. The molecule has 0 N–H and O–H groups in total. The zero-order valence-electron chi connectivity index (χ0n) is 24.8. The Labute approximate surface area is 244 Å². The molecule has 42 heavy (non-hydrogen) atoms. The number of ether oxygens (including phenoxy) is 4. The summed E-state index contributed by atoms with van der Waals surface area (Å²) >= 11 is 0. The second-order valence-electron chi connectivity index (χ2n) is 12.9. The van der Waals surface area contributed by atoms with E-state index in [0.717, 1.165) is 75.6 Å². The molecule has 0 aromatic carbocycles. The highest BCUT2D eigenvalue weighted by molar-refractivity contribution is 5.80. The first-order valence-electron chi connectivity index (χ1n) is 15.6. The van der Waals surface area contributed by atoms with E-state index in [1.54, 1.807) is 16.2 Å². The summed E-state index contributed by atoms with van der Waals surface area (Å²) in [6.07, 6.45) is 8.79. The Kier molecular flexibility index (Phi) is 6.30. The summed E-state index contributed by atoms with van der Waals surface area (Å²) in [6.45, 7) is 5.28. The fraction of sp³-hybridized carbons (Fsp3) is 0.733. The molecule has 3 atom stereocenters. The lowest BCUT2D eigenvalue weighted by Gasteiger charge is -2.50. The van der Waals surface area contributed by atoms with E-state index < -0.39 is 5.79 Å². The summed E-state index contributed by atoms with van der Waals surface area (Å²) in [5.41, 5.74) is 2.57. The highest BCUT2D eigenvalue weighted by Crippen LogP contribution is 2.56. The first-order valence-corrected chi connectivity index (χ1v) is 15.6. The van der Waals surface area contributed by atoms with Crippen molar-refractivity contribution in [3.63, 3.8) is 0 Å². The van der Waals surface area contributed by atoms with Gasteiger partial charge in [0.15, 0.2) is 17.0 Å². The molecule has 3 aromatic rings. The zero-order valence-corrected chi connectivity index (χ0v) is 24.8. The van der Waals surface area contributed by atoms with Gasteiger partial charge >= 0.3 is 5.69 Å². The summed E-state index contributed by atoms with van der Waals surface area (Å²) in [5.74, 6) is 0.690. The van der Waals surface area contributed by atoms with Gasteiger partial charge in [0.05, 0.1) is 43.6 Å². The minimum Gasteiger partial charge on any atom is -0.471 e. The Bertz CT molecular complexity index is 1570. The number of fused-ring (bicyclic) bond motifs is 4. The second kappa shape index (κ2) is 9.87. The van der Waals surface area contributed by atoms with Crippen LogP contribution >= 0.6 is 0 Å². The molecule has 0 unspecified atom stereocenters. The third-order valence-corrected chi connectivity index (χ3v) is 10.6. The molecule has 1 saturated carbocycles. The predicted octanol–water partition coefficient (Wildman–Crippen LogP) is 3.11. The number of rotatable bonds is 5.